The van der Waals surface area contributed by atoms with Crippen LogP contribution in [0.5, 0.6) is 5.75 Å². The lowest BCUT2D eigenvalue weighted by Crippen LogP contribution is -2.20. The van der Waals surface area contributed by atoms with Crippen molar-refractivity contribution in [3.8, 4) is 5.75 Å². The zero-order valence-corrected chi connectivity index (χ0v) is 7.86. The fourth-order valence-corrected chi connectivity index (χ4v) is 1.11. The van der Waals surface area contributed by atoms with E-state index in [2.05, 4.69) is 0 Å². The van der Waals surface area contributed by atoms with Crippen molar-refractivity contribution in [2.24, 2.45) is 11.5 Å². The summed E-state index contributed by atoms with van der Waals surface area (Å²) in [5.41, 5.74) is 12.2. The first-order valence-electron chi connectivity index (χ1n) is 4.46. The van der Waals surface area contributed by atoms with Crippen molar-refractivity contribution in [1.82, 2.24) is 0 Å². The van der Waals surface area contributed by atoms with Gasteiger partial charge in [-0.3, -0.25) is 0 Å². The van der Waals surface area contributed by atoms with Gasteiger partial charge in [-0.25, -0.2) is 0 Å². The molecule has 0 fully saturated rings. The van der Waals surface area contributed by atoms with Gasteiger partial charge in [0.2, 0.25) is 0 Å². The summed E-state index contributed by atoms with van der Waals surface area (Å²) >= 11 is 0. The summed E-state index contributed by atoms with van der Waals surface area (Å²) in [6, 6.07) is 7.64. The molecule has 72 valence electrons. The van der Waals surface area contributed by atoms with Crippen molar-refractivity contribution in [3.05, 3.63) is 29.8 Å². The van der Waals surface area contributed by atoms with Crippen LogP contribution in [-0.4, -0.2) is 13.2 Å². The highest BCUT2D eigenvalue weighted by Crippen LogP contribution is 2.15. The third kappa shape index (κ3) is 2.72. The third-order valence-corrected chi connectivity index (χ3v) is 1.87. The fourth-order valence-electron chi connectivity index (χ4n) is 1.11. The molecule has 0 aromatic heterocycles. The Bertz CT molecular complexity index is 246. The van der Waals surface area contributed by atoms with Gasteiger partial charge in [0.05, 0.1) is 6.61 Å². The average molecular weight is 180 g/mol. The van der Waals surface area contributed by atoms with Crippen molar-refractivity contribution in [2.75, 3.05) is 13.2 Å². The number of hydrogen-bond donors (Lipinski definition) is 2. The molecule has 0 saturated carbocycles. The van der Waals surface area contributed by atoms with Gasteiger partial charge in [-0.15, -0.1) is 0 Å². The molecule has 0 aliphatic rings. The lowest BCUT2D eigenvalue weighted by Gasteiger charge is -2.09. The summed E-state index contributed by atoms with van der Waals surface area (Å²) < 4.78 is 5.30. The van der Waals surface area contributed by atoms with E-state index in [1.54, 1.807) is 0 Å². The number of benzene rings is 1. The van der Waals surface area contributed by atoms with Crippen molar-refractivity contribution in [3.63, 3.8) is 0 Å². The summed E-state index contributed by atoms with van der Waals surface area (Å²) in [4.78, 5) is 0. The standard InChI is InChI=1S/C10H16N2O/c1-2-13-9-5-3-8(4-6-9)10(12)7-11/h3-6,10H,2,7,11-12H2,1H3/t10-/m0/s1. The van der Waals surface area contributed by atoms with Crippen molar-refractivity contribution in [2.45, 2.75) is 13.0 Å². The van der Waals surface area contributed by atoms with E-state index in [4.69, 9.17) is 16.2 Å². The lowest BCUT2D eigenvalue weighted by atomic mass is 10.1. The van der Waals surface area contributed by atoms with E-state index in [0.717, 1.165) is 11.3 Å². The minimum absolute atomic E-state index is 0.0734. The van der Waals surface area contributed by atoms with Crippen LogP contribution >= 0.6 is 0 Å². The van der Waals surface area contributed by atoms with E-state index in [-0.39, 0.29) is 6.04 Å². The Hall–Kier alpha value is -1.06. The summed E-state index contributed by atoms with van der Waals surface area (Å²) in [5, 5.41) is 0. The molecular formula is C10H16N2O. The smallest absolute Gasteiger partial charge is 0.119 e. The quantitative estimate of drug-likeness (QED) is 0.728. The van der Waals surface area contributed by atoms with E-state index < -0.39 is 0 Å². The van der Waals surface area contributed by atoms with E-state index >= 15 is 0 Å². The second-order valence-electron chi connectivity index (χ2n) is 2.84. The van der Waals surface area contributed by atoms with Gasteiger partial charge in [-0.05, 0) is 24.6 Å². The molecule has 3 nitrogen and oxygen atoms in total. The molecule has 1 aromatic carbocycles. The van der Waals surface area contributed by atoms with E-state index in [1.807, 2.05) is 31.2 Å². The average Bonchev–Trinajstić information content (AvgIpc) is 2.18. The normalized spacial score (nSPS) is 12.5. The molecule has 3 heteroatoms. The van der Waals surface area contributed by atoms with E-state index in [0.29, 0.717) is 13.2 Å². The van der Waals surface area contributed by atoms with Crippen molar-refractivity contribution >= 4 is 0 Å². The third-order valence-electron chi connectivity index (χ3n) is 1.87. The molecule has 0 aliphatic carbocycles. The molecule has 13 heavy (non-hydrogen) atoms. The predicted molar refractivity (Wildman–Crippen MR) is 53.6 cm³/mol. The number of hydrogen-bond acceptors (Lipinski definition) is 3. The van der Waals surface area contributed by atoms with Crippen LogP contribution in [0, 0.1) is 0 Å². The van der Waals surface area contributed by atoms with Gasteiger partial charge in [-0.2, -0.15) is 0 Å². The maximum Gasteiger partial charge on any atom is 0.119 e. The Morgan fingerprint density at radius 3 is 2.38 bits per heavy atom. The Kier molecular flexibility index (Phi) is 3.73. The van der Waals surface area contributed by atoms with Gasteiger partial charge < -0.3 is 16.2 Å². The van der Waals surface area contributed by atoms with Crippen LogP contribution in [0.15, 0.2) is 24.3 Å². The van der Waals surface area contributed by atoms with Crippen LogP contribution in [-0.2, 0) is 0 Å². The molecule has 0 spiro atoms. The van der Waals surface area contributed by atoms with Gasteiger partial charge in [0.25, 0.3) is 0 Å². The van der Waals surface area contributed by atoms with E-state index in [9.17, 15) is 0 Å². The summed E-state index contributed by atoms with van der Waals surface area (Å²) in [6.07, 6.45) is 0. The molecule has 1 aromatic rings. The molecule has 0 saturated heterocycles. The molecule has 0 heterocycles. The highest BCUT2D eigenvalue weighted by molar-refractivity contribution is 5.29. The molecule has 0 radical (unpaired) electrons. The largest absolute Gasteiger partial charge is 0.494 e. The second-order valence-corrected chi connectivity index (χ2v) is 2.84. The molecule has 4 N–H and O–H groups in total. The monoisotopic (exact) mass is 180 g/mol. The van der Waals surface area contributed by atoms with Crippen LogP contribution in [0.2, 0.25) is 0 Å². The second kappa shape index (κ2) is 4.84. The first-order valence-corrected chi connectivity index (χ1v) is 4.46. The van der Waals surface area contributed by atoms with Gasteiger partial charge in [-0.1, -0.05) is 12.1 Å². The van der Waals surface area contributed by atoms with Crippen LogP contribution < -0.4 is 16.2 Å². The maximum atomic E-state index is 5.75. The van der Waals surface area contributed by atoms with Crippen LogP contribution in [0.25, 0.3) is 0 Å². The molecule has 1 rings (SSSR count). The van der Waals surface area contributed by atoms with Gasteiger partial charge >= 0.3 is 0 Å². The zero-order valence-electron chi connectivity index (χ0n) is 7.86. The van der Waals surface area contributed by atoms with Gasteiger partial charge in [0.15, 0.2) is 0 Å². The molecule has 0 unspecified atom stereocenters. The maximum absolute atomic E-state index is 5.75. The Balaban J connectivity index is 2.69. The first kappa shape index (κ1) is 10.0. The molecule has 0 amide bonds. The minimum atomic E-state index is -0.0734. The Labute approximate surface area is 78.7 Å². The minimum Gasteiger partial charge on any atom is -0.494 e. The summed E-state index contributed by atoms with van der Waals surface area (Å²) in [6.45, 7) is 3.11. The van der Waals surface area contributed by atoms with E-state index in [1.165, 1.54) is 0 Å². The number of nitrogens with two attached hydrogens (primary N) is 2. The molecular weight excluding hydrogens is 164 g/mol. The summed E-state index contributed by atoms with van der Waals surface area (Å²) in [5.74, 6) is 0.871. The van der Waals surface area contributed by atoms with Gasteiger partial charge in [0.1, 0.15) is 5.75 Å². The van der Waals surface area contributed by atoms with Crippen molar-refractivity contribution < 1.29 is 4.74 Å². The zero-order chi connectivity index (χ0) is 9.68. The lowest BCUT2D eigenvalue weighted by molar-refractivity contribution is 0.340. The highest BCUT2D eigenvalue weighted by atomic mass is 16.5. The number of ether oxygens (including phenoxy) is 1. The predicted octanol–water partition coefficient (Wildman–Crippen LogP) is 1.04. The van der Waals surface area contributed by atoms with Crippen LogP contribution in [0.1, 0.15) is 18.5 Å². The molecule has 0 aliphatic heterocycles. The Morgan fingerprint density at radius 2 is 1.92 bits per heavy atom. The van der Waals surface area contributed by atoms with Crippen molar-refractivity contribution in [1.29, 1.82) is 0 Å². The van der Waals surface area contributed by atoms with Crippen LogP contribution in [0.4, 0.5) is 0 Å². The number of rotatable bonds is 4. The Morgan fingerprint density at radius 1 is 1.31 bits per heavy atom. The molecule has 1 atom stereocenters. The molecule has 0 bridgehead atoms. The highest BCUT2D eigenvalue weighted by Gasteiger charge is 2.02. The summed E-state index contributed by atoms with van der Waals surface area (Å²) in [7, 11) is 0. The topological polar surface area (TPSA) is 61.3 Å². The fraction of sp³-hybridized carbons (Fsp3) is 0.400. The SMILES string of the molecule is CCOc1ccc([C@@H](N)CN)cc1. The first-order chi connectivity index (χ1) is 6.27. The van der Waals surface area contributed by atoms with Gasteiger partial charge in [0, 0.05) is 12.6 Å². The van der Waals surface area contributed by atoms with Crippen LogP contribution in [0.3, 0.4) is 0 Å².